The summed E-state index contributed by atoms with van der Waals surface area (Å²) in [6.45, 7) is 9.26. The third kappa shape index (κ3) is 9.29. The Balaban J connectivity index is 0.00000484. The minimum atomic E-state index is -0.564. The molecule has 0 unspecified atom stereocenters. The summed E-state index contributed by atoms with van der Waals surface area (Å²) < 4.78 is 10.8. The van der Waals surface area contributed by atoms with Gasteiger partial charge in [-0.1, -0.05) is 82.5 Å². The van der Waals surface area contributed by atoms with Crippen LogP contribution in [0.1, 0.15) is 89.1 Å². The average Bonchev–Trinajstić information content (AvgIpc) is 3.52. The number of carbonyl (C=O) groups excluding carboxylic acids is 3. The van der Waals surface area contributed by atoms with Crippen LogP contribution in [0.2, 0.25) is 0 Å². The number of benzene rings is 2. The van der Waals surface area contributed by atoms with Gasteiger partial charge in [-0.05, 0) is 49.6 Å². The quantitative estimate of drug-likeness (QED) is 0.109. The maximum Gasteiger partial charge on any atom is 0.338 e. The summed E-state index contributed by atoms with van der Waals surface area (Å²) in [5.41, 5.74) is 7.32. The summed E-state index contributed by atoms with van der Waals surface area (Å²) in [5, 5.41) is 1.89. The lowest BCUT2D eigenvalue weighted by molar-refractivity contribution is -0.206. The number of esters is 1. The number of hydroxylamine groups is 2. The Morgan fingerprint density at radius 1 is 0.905 bits per heavy atom. The molecule has 2 atom stereocenters. The Morgan fingerprint density at radius 2 is 1.64 bits per heavy atom. The summed E-state index contributed by atoms with van der Waals surface area (Å²) in [6, 6.07) is 19.7. The zero-order chi connectivity index (χ0) is 30.3. The number of amides is 2. The van der Waals surface area contributed by atoms with Gasteiger partial charge in [0, 0.05) is 21.0 Å². The number of ether oxygens (including phenoxy) is 1. The second-order valence-corrected chi connectivity index (χ2v) is 9.98. The van der Waals surface area contributed by atoms with E-state index in [1.54, 1.807) is 43.3 Å². The van der Waals surface area contributed by atoms with E-state index >= 15 is 0 Å². The van der Waals surface area contributed by atoms with Crippen LogP contribution in [-0.4, -0.2) is 42.0 Å². The Hall–Kier alpha value is -3.95. The number of nitrogens with one attached hydrogen (secondary N) is 2. The number of hydrogen-bond donors (Lipinski definition) is 2. The number of furan rings is 1. The molecule has 2 N–H and O–H groups in total. The van der Waals surface area contributed by atoms with E-state index in [4.69, 9.17) is 14.0 Å². The molecule has 2 aromatic carbocycles. The molecule has 0 fully saturated rings. The van der Waals surface area contributed by atoms with E-state index < -0.39 is 11.9 Å². The van der Waals surface area contributed by atoms with Crippen molar-refractivity contribution in [3.8, 4) is 11.3 Å². The van der Waals surface area contributed by atoms with Crippen LogP contribution in [0.15, 0.2) is 71.1 Å². The van der Waals surface area contributed by atoms with Crippen molar-refractivity contribution < 1.29 is 31.2 Å². The van der Waals surface area contributed by atoms with E-state index in [0.29, 0.717) is 49.5 Å². The van der Waals surface area contributed by atoms with Crippen molar-refractivity contribution in [3.63, 3.8) is 0 Å². The van der Waals surface area contributed by atoms with Gasteiger partial charge in [0.1, 0.15) is 5.76 Å². The van der Waals surface area contributed by atoms with Crippen LogP contribution in [0.25, 0.3) is 11.3 Å². The first-order chi connectivity index (χ1) is 20.4. The second kappa shape index (κ2) is 17.1. The number of nitrogens with zero attached hydrogens (tertiary/aromatic N) is 1. The molecule has 3 aromatic rings. The molecule has 1 heterocycles. The molecule has 0 saturated heterocycles. The Labute approximate surface area is 251 Å². The lowest BCUT2D eigenvalue weighted by atomic mass is 9.90. The van der Waals surface area contributed by atoms with Gasteiger partial charge in [0.15, 0.2) is 5.76 Å². The number of carbonyl (C=O) groups is 3. The van der Waals surface area contributed by atoms with Crippen LogP contribution in [0.3, 0.4) is 0 Å². The van der Waals surface area contributed by atoms with Crippen LogP contribution >= 0.6 is 0 Å². The van der Waals surface area contributed by atoms with E-state index in [1.165, 1.54) is 0 Å². The molecule has 0 bridgehead atoms. The Bertz CT molecular complexity index is 1270. The van der Waals surface area contributed by atoms with E-state index in [9.17, 15) is 14.4 Å². The molecule has 9 nitrogen and oxygen atoms in total. The highest BCUT2D eigenvalue weighted by molar-refractivity contribution is 5.94. The molecule has 0 radical (unpaired) electrons. The van der Waals surface area contributed by atoms with Crippen molar-refractivity contribution in [1.29, 1.82) is 0 Å². The molecule has 9 heteroatoms. The zero-order valence-electron chi connectivity index (χ0n) is 25.1. The highest BCUT2D eigenvalue weighted by atomic mass is 16.7. The molecule has 0 spiro atoms. The fourth-order valence-corrected chi connectivity index (χ4v) is 4.83. The number of rotatable bonds is 16. The van der Waals surface area contributed by atoms with Crippen molar-refractivity contribution in [2.75, 3.05) is 13.2 Å². The molecule has 230 valence electrons. The van der Waals surface area contributed by atoms with Crippen LogP contribution in [0, 0.1) is 5.92 Å². The monoisotopic (exact) mass is 581 g/mol. The van der Waals surface area contributed by atoms with Gasteiger partial charge in [0.25, 0.3) is 0 Å². The van der Waals surface area contributed by atoms with Gasteiger partial charge < -0.3 is 9.15 Å². The van der Waals surface area contributed by atoms with E-state index in [0.717, 1.165) is 24.8 Å². The zero-order valence-corrected chi connectivity index (χ0v) is 25.1. The molecular weight excluding hydrogens is 534 g/mol. The lowest BCUT2D eigenvalue weighted by Crippen LogP contribution is -2.51. The number of unbranched alkanes of at least 4 members (excludes halogenated alkanes) is 2. The summed E-state index contributed by atoms with van der Waals surface area (Å²) in [5.74, 6) is -1.11. The van der Waals surface area contributed by atoms with Gasteiger partial charge in [-0.25, -0.2) is 4.79 Å². The Kier molecular flexibility index (Phi) is 13.3. The van der Waals surface area contributed by atoms with Crippen molar-refractivity contribution in [2.24, 2.45) is 5.92 Å². The fraction of sp³-hybridized carbons (Fsp3) is 0.424. The third-order valence-corrected chi connectivity index (χ3v) is 7.07. The van der Waals surface area contributed by atoms with Crippen LogP contribution in [0.5, 0.6) is 0 Å². The van der Waals surface area contributed by atoms with Gasteiger partial charge in [-0.15, -0.1) is 0 Å². The maximum atomic E-state index is 13.5. The molecule has 0 aliphatic rings. The first-order valence-electron chi connectivity index (χ1n) is 14.8. The van der Waals surface area contributed by atoms with Crippen molar-refractivity contribution in [3.05, 3.63) is 83.6 Å². The molecule has 42 heavy (non-hydrogen) atoms. The van der Waals surface area contributed by atoms with Gasteiger partial charge >= 0.3 is 11.9 Å². The van der Waals surface area contributed by atoms with Crippen LogP contribution < -0.4 is 10.9 Å². The maximum absolute atomic E-state index is 13.5. The Morgan fingerprint density at radius 3 is 2.29 bits per heavy atom. The minimum Gasteiger partial charge on any atom is -0.462 e. The standard InChI is InChI=1S/C33H43N3O6.2H2/c1-5-9-11-16-27(28(6-2)36(7-3)41-23-24-14-12-10-13-15-24)31(37)34-35-32(38)30-22-21-29(42-30)25-17-19-26(20-18-25)33(39)40-8-4;;/h10,12-15,17-22,27-28H,5-9,11,16,23H2,1-4H3,(H,34,37)(H,35,38);2*1H/t27-,28-;;/m1../s1. The largest absolute Gasteiger partial charge is 0.462 e. The van der Waals surface area contributed by atoms with Crippen molar-refractivity contribution >= 4 is 17.8 Å². The number of hydrazine groups is 1. The van der Waals surface area contributed by atoms with Crippen LogP contribution in [-0.2, 0) is 21.0 Å². The molecule has 3 rings (SSSR count). The van der Waals surface area contributed by atoms with E-state index in [1.807, 2.05) is 49.2 Å². The second-order valence-electron chi connectivity index (χ2n) is 9.98. The minimum absolute atomic E-state index is 0. The highest BCUT2D eigenvalue weighted by Crippen LogP contribution is 2.24. The van der Waals surface area contributed by atoms with E-state index in [-0.39, 0.29) is 26.5 Å². The highest BCUT2D eigenvalue weighted by Gasteiger charge is 2.32. The molecule has 0 aliphatic heterocycles. The molecule has 2 amide bonds. The first kappa shape index (κ1) is 32.6. The van der Waals surface area contributed by atoms with E-state index in [2.05, 4.69) is 17.8 Å². The molecule has 0 aliphatic carbocycles. The predicted octanol–water partition coefficient (Wildman–Crippen LogP) is 6.81. The molecular formula is C33H47N3O6. The summed E-state index contributed by atoms with van der Waals surface area (Å²) >= 11 is 0. The predicted molar refractivity (Wildman–Crippen MR) is 165 cm³/mol. The third-order valence-electron chi connectivity index (χ3n) is 7.07. The SMILES string of the molecule is CCCCC[C@@H](C(=O)NNC(=O)c1ccc(-c2ccc(C(=O)OCC)cc2)o1)[C@@H](CC)N(CC)OCc1ccccc1.[HH].[HH]. The fourth-order valence-electron chi connectivity index (χ4n) is 4.83. The average molecular weight is 582 g/mol. The van der Waals surface area contributed by atoms with Gasteiger partial charge in [-0.2, -0.15) is 5.06 Å². The summed E-state index contributed by atoms with van der Waals surface area (Å²) in [4.78, 5) is 44.4. The summed E-state index contributed by atoms with van der Waals surface area (Å²) in [7, 11) is 0. The molecule has 1 aromatic heterocycles. The van der Waals surface area contributed by atoms with Gasteiger partial charge in [-0.3, -0.25) is 25.3 Å². The van der Waals surface area contributed by atoms with Gasteiger partial charge in [0.2, 0.25) is 5.91 Å². The number of hydrogen-bond acceptors (Lipinski definition) is 7. The lowest BCUT2D eigenvalue weighted by Gasteiger charge is -2.34. The van der Waals surface area contributed by atoms with Crippen LogP contribution in [0.4, 0.5) is 0 Å². The molecule has 0 saturated carbocycles. The van der Waals surface area contributed by atoms with Crippen molar-refractivity contribution in [2.45, 2.75) is 72.4 Å². The normalized spacial score (nSPS) is 12.5. The topological polar surface area (TPSA) is 110 Å². The smallest absolute Gasteiger partial charge is 0.338 e. The van der Waals surface area contributed by atoms with Crippen molar-refractivity contribution in [1.82, 2.24) is 15.9 Å². The first-order valence-corrected chi connectivity index (χ1v) is 14.8. The van der Waals surface area contributed by atoms with Gasteiger partial charge in [0.05, 0.1) is 24.7 Å². The summed E-state index contributed by atoms with van der Waals surface area (Å²) in [6.07, 6.45) is 4.32.